The van der Waals surface area contributed by atoms with E-state index in [1.54, 1.807) is 89.3 Å². The third-order valence-electron chi connectivity index (χ3n) is 19.8. The quantitative estimate of drug-likeness (QED) is 0.0218. The zero-order chi connectivity index (χ0) is 83.6. The molecule has 2 aliphatic rings. The third-order valence-corrected chi connectivity index (χ3v) is 20.4. The van der Waals surface area contributed by atoms with Crippen LogP contribution in [-0.2, 0) is 91.2 Å². The molecule has 114 heavy (non-hydrogen) atoms. The fourth-order valence-corrected chi connectivity index (χ4v) is 13.9. The summed E-state index contributed by atoms with van der Waals surface area (Å²) in [6.45, 7) is 8.62. The summed E-state index contributed by atoms with van der Waals surface area (Å²) < 4.78 is 0. The molecule has 2 fully saturated rings. The minimum Gasteiger partial charge on any atom is -0.480 e. The third kappa shape index (κ3) is 32.5. The number of nitrogens with two attached hydrogens (primary N) is 2. The van der Waals surface area contributed by atoms with Gasteiger partial charge in [0, 0.05) is 119 Å². The van der Waals surface area contributed by atoms with Crippen molar-refractivity contribution in [2.75, 3.05) is 104 Å². The molecular formula is C76H113N19O18S. The van der Waals surface area contributed by atoms with E-state index in [0.717, 1.165) is 0 Å². The number of carboxylic acid groups (broad SMARTS) is 3. The van der Waals surface area contributed by atoms with Gasteiger partial charge in [-0.25, -0.2) is 4.98 Å². The van der Waals surface area contributed by atoms with Crippen molar-refractivity contribution in [2.45, 2.75) is 154 Å². The number of amides is 12. The largest absolute Gasteiger partial charge is 0.480 e. The molecule has 3 heterocycles. The number of hydrogen-bond acceptors (Lipinski definition) is 21. The molecule has 0 unspecified atom stereocenters. The van der Waals surface area contributed by atoms with Gasteiger partial charge in [0.25, 0.3) is 0 Å². The van der Waals surface area contributed by atoms with Crippen LogP contribution < -0.4 is 64.6 Å². The topological polar surface area (TPSA) is 547 Å². The highest BCUT2D eigenvalue weighted by molar-refractivity contribution is 7.98. The first kappa shape index (κ1) is 92.3. The highest BCUT2D eigenvalue weighted by Gasteiger charge is 2.37. The number of rotatable bonds is 44. The minimum absolute atomic E-state index is 0.0399. The van der Waals surface area contributed by atoms with Gasteiger partial charge in [-0.15, -0.1) is 0 Å². The van der Waals surface area contributed by atoms with E-state index in [-0.39, 0.29) is 141 Å². The van der Waals surface area contributed by atoms with E-state index in [0.29, 0.717) is 59.2 Å². The van der Waals surface area contributed by atoms with E-state index in [1.807, 2.05) is 25.0 Å². The maximum atomic E-state index is 14.8. The summed E-state index contributed by atoms with van der Waals surface area (Å²) in [6, 6.07) is 5.42. The molecule has 1 aliphatic heterocycles. The van der Waals surface area contributed by atoms with Crippen molar-refractivity contribution in [2.24, 2.45) is 35.1 Å². The van der Waals surface area contributed by atoms with Gasteiger partial charge in [-0.1, -0.05) is 76.2 Å². The number of fused-ring (bicyclic) bond motifs is 1. The van der Waals surface area contributed by atoms with Crippen LogP contribution in [0.2, 0.25) is 0 Å². The molecule has 2 aromatic carbocycles. The normalized spacial score (nSPS) is 17.6. The van der Waals surface area contributed by atoms with Gasteiger partial charge in [0.2, 0.25) is 70.9 Å². The van der Waals surface area contributed by atoms with Crippen molar-refractivity contribution >= 4 is 111 Å². The number of carbonyl (C=O) groups is 15. The average Bonchev–Trinajstić information content (AvgIpc) is 1.66. The highest BCUT2D eigenvalue weighted by Crippen LogP contribution is 2.29. The van der Waals surface area contributed by atoms with E-state index in [2.05, 4.69) is 68.1 Å². The van der Waals surface area contributed by atoms with E-state index in [1.165, 1.54) is 31.2 Å². The van der Waals surface area contributed by atoms with Crippen molar-refractivity contribution in [3.63, 3.8) is 0 Å². The van der Waals surface area contributed by atoms with Gasteiger partial charge in [-0.3, -0.25) is 91.5 Å². The Morgan fingerprint density at radius 3 is 1.59 bits per heavy atom. The van der Waals surface area contributed by atoms with Crippen molar-refractivity contribution in [3.05, 3.63) is 90.1 Å². The molecule has 37 nitrogen and oxygen atoms in total. The van der Waals surface area contributed by atoms with Gasteiger partial charge < -0.3 is 89.9 Å². The number of carbonyl (C=O) groups excluding carboxylic acids is 12. The first-order chi connectivity index (χ1) is 54.2. The summed E-state index contributed by atoms with van der Waals surface area (Å²) in [5.41, 5.74) is 13.5. The number of primary amides is 2. The number of para-hydroxylation sites is 1. The molecule has 19 N–H and O–H groups in total. The number of aromatic nitrogens is 3. The summed E-state index contributed by atoms with van der Waals surface area (Å²) >= 11 is 1.45. The molecule has 1 saturated carbocycles. The zero-order valence-electron chi connectivity index (χ0n) is 65.5. The Morgan fingerprint density at radius 2 is 1.04 bits per heavy atom. The van der Waals surface area contributed by atoms with Crippen LogP contribution in [0.1, 0.15) is 103 Å². The monoisotopic (exact) mass is 1610 g/mol. The molecular weight excluding hydrogens is 1500 g/mol. The summed E-state index contributed by atoms with van der Waals surface area (Å²) in [5.74, 6) is -13.0. The van der Waals surface area contributed by atoms with Crippen LogP contribution in [0, 0.1) is 23.7 Å². The molecule has 38 heteroatoms. The Labute approximate surface area is 666 Å². The fourth-order valence-electron chi connectivity index (χ4n) is 13.4. The van der Waals surface area contributed by atoms with E-state index >= 15 is 0 Å². The highest BCUT2D eigenvalue weighted by atomic mass is 32.2. The minimum atomic E-state index is -1.54. The first-order valence-corrected chi connectivity index (χ1v) is 39.8. The summed E-state index contributed by atoms with van der Waals surface area (Å²) in [5, 5.41) is 56.5. The van der Waals surface area contributed by atoms with Gasteiger partial charge in [0.1, 0.15) is 48.3 Å². The van der Waals surface area contributed by atoms with E-state index in [4.69, 9.17) is 11.5 Å². The van der Waals surface area contributed by atoms with Crippen LogP contribution in [0.4, 0.5) is 0 Å². The lowest BCUT2D eigenvalue weighted by molar-refractivity contribution is -0.140. The number of H-pyrrole nitrogens is 2. The summed E-state index contributed by atoms with van der Waals surface area (Å²) in [6.07, 6.45) is 7.36. The van der Waals surface area contributed by atoms with Gasteiger partial charge >= 0.3 is 17.9 Å². The van der Waals surface area contributed by atoms with Crippen molar-refractivity contribution in [1.82, 2.24) is 87.7 Å². The Balaban J connectivity index is 1.10. The Hall–Kier alpha value is -10.6. The SMILES string of the molecule is CSCC[C@H](NC(=O)[C@H](CC(C)C)NC(=O)[C@H](Cc1cnc[nH]1)NC(=O)CNC(=O)[C@@H](NC(=O)[C@H](C)NC(=O)[C@H](Cc1c[nH]c2ccccc12)NC(=O)[C@H](CCC(N)=O)NC(=O)[C@H](Cc1ccccc1)NC(=O)C1CCC(CNC(=O)CN2CCN(CC(=O)O)CCN(CC(=O)O)CCN(CC(=O)O)CC2)CC1)C(C)C)C(N)=O. The molecule has 4 aromatic rings. The summed E-state index contributed by atoms with van der Waals surface area (Å²) in [7, 11) is 0. The molecule has 626 valence electrons. The second-order valence-corrected chi connectivity index (χ2v) is 30.8. The number of nitrogens with one attached hydrogen (secondary N) is 12. The predicted octanol–water partition coefficient (Wildman–Crippen LogP) is -2.46. The second-order valence-electron chi connectivity index (χ2n) is 29.8. The molecule has 1 aliphatic carbocycles. The predicted molar refractivity (Wildman–Crippen MR) is 421 cm³/mol. The molecule has 6 rings (SSSR count). The zero-order valence-corrected chi connectivity index (χ0v) is 66.3. The maximum absolute atomic E-state index is 14.8. The Kier molecular flexibility index (Phi) is 38.2. The molecule has 0 bridgehead atoms. The first-order valence-electron chi connectivity index (χ1n) is 38.4. The van der Waals surface area contributed by atoms with Crippen molar-refractivity contribution < 1.29 is 87.2 Å². The molecule has 2 aromatic heterocycles. The average molecular weight is 1610 g/mol. The lowest BCUT2D eigenvalue weighted by Crippen LogP contribution is -2.60. The number of nitrogens with zero attached hydrogens (tertiary/aromatic N) is 5. The maximum Gasteiger partial charge on any atom is 0.317 e. The van der Waals surface area contributed by atoms with Crippen molar-refractivity contribution in [3.8, 4) is 0 Å². The molecule has 0 radical (unpaired) electrons. The van der Waals surface area contributed by atoms with Crippen LogP contribution in [0.3, 0.4) is 0 Å². The number of carboxylic acids is 3. The smallest absolute Gasteiger partial charge is 0.317 e. The van der Waals surface area contributed by atoms with Crippen LogP contribution in [0.25, 0.3) is 10.9 Å². The number of aromatic amines is 2. The molecule has 0 spiro atoms. The number of benzene rings is 2. The van der Waals surface area contributed by atoms with Crippen LogP contribution in [0.15, 0.2) is 73.3 Å². The lowest BCUT2D eigenvalue weighted by Gasteiger charge is -2.33. The molecule has 8 atom stereocenters. The van der Waals surface area contributed by atoms with E-state index in [9.17, 15) is 87.2 Å². The second kappa shape index (κ2) is 47.2. The van der Waals surface area contributed by atoms with E-state index < -0.39 is 156 Å². The van der Waals surface area contributed by atoms with Crippen LogP contribution in [0.5, 0.6) is 0 Å². The lowest BCUT2D eigenvalue weighted by atomic mass is 9.81. The van der Waals surface area contributed by atoms with Gasteiger partial charge in [-0.05, 0) is 98.8 Å². The van der Waals surface area contributed by atoms with Gasteiger partial charge in [0.15, 0.2) is 0 Å². The number of hydrogen-bond donors (Lipinski definition) is 17. The molecule has 1 saturated heterocycles. The van der Waals surface area contributed by atoms with Gasteiger partial charge in [0.05, 0.1) is 39.1 Å². The van der Waals surface area contributed by atoms with Crippen molar-refractivity contribution in [1.29, 1.82) is 0 Å². The standard InChI is InChI=1S/C76H113N19O18S/c1-45(2)32-57(73(110)86-55(68(78)105)22-31-114-6)89-75(112)60(35-52-38-79-44-83-52)85-62(97)39-82-76(113)67(46(3)4)91-69(106)47(5)84-72(109)59(34-51-37-80-54-15-11-10-14-53(51)54)90-71(108)56(20-21-61(77)96)87-74(111)58(33-48-12-8-7-9-13-48)88-70(107)50-18-16-49(17-19-50)36-81-63(98)40-92-23-25-93(41-64(99)100)27-29-95(43-66(103)104)30-28-94(26-24-92)42-65(101)102/h7-15,37-38,44-47,49-50,55-60,67,80H,16-36,39-43H2,1-6H3,(H2,77,96)(H2,78,105)(H,79,83)(H,81,98)(H,82,113)(H,84,109)(H,85,97)(H,86,110)(H,87,111)(H,88,107)(H,89,112)(H,90,108)(H,91,106)(H,99,100)(H,101,102)(H,103,104)/t47-,49?,50?,55-,56-,57-,58-,59-,60-,67-/m0/s1. The van der Waals surface area contributed by atoms with Crippen LogP contribution in [-0.4, -0.2) is 291 Å². The summed E-state index contributed by atoms with van der Waals surface area (Å²) in [4.78, 5) is 218. The fraction of sp³-hybridized carbons (Fsp3) is 0.579. The number of thioether (sulfide) groups is 1. The Morgan fingerprint density at radius 1 is 0.526 bits per heavy atom. The van der Waals surface area contributed by atoms with Gasteiger partial charge in [-0.2, -0.15) is 11.8 Å². The van der Waals surface area contributed by atoms with Crippen LogP contribution >= 0.6 is 11.8 Å². The number of aliphatic carboxylic acids is 3. The Bertz CT molecular complexity index is 3860. The number of imidazole rings is 1. The molecule has 12 amide bonds.